The van der Waals surface area contributed by atoms with Gasteiger partial charge in [0, 0.05) is 5.56 Å². The van der Waals surface area contributed by atoms with E-state index in [9.17, 15) is 31.1 Å². The van der Waals surface area contributed by atoms with Gasteiger partial charge in [0.1, 0.15) is 6.54 Å². The highest BCUT2D eigenvalue weighted by molar-refractivity contribution is 5.82. The van der Waals surface area contributed by atoms with Gasteiger partial charge in [-0.15, -0.1) is 10.2 Å². The Hall–Kier alpha value is -3.77. The first-order valence-electron chi connectivity index (χ1n) is 8.47. The first-order valence-corrected chi connectivity index (χ1v) is 8.47. The summed E-state index contributed by atoms with van der Waals surface area (Å²) in [6.45, 7) is -0.434. The van der Waals surface area contributed by atoms with Crippen LogP contribution in [0.25, 0.3) is 11.4 Å². The number of hydrogen-bond donors (Lipinski definition) is 1. The van der Waals surface area contributed by atoms with E-state index < -0.39 is 35.9 Å². The predicted molar refractivity (Wildman–Crippen MR) is 95.4 cm³/mol. The summed E-state index contributed by atoms with van der Waals surface area (Å²) < 4.78 is 75.9. The van der Waals surface area contributed by atoms with Gasteiger partial charge in [0.2, 0.25) is 5.82 Å². The second-order valence-electron chi connectivity index (χ2n) is 6.13. The van der Waals surface area contributed by atoms with Gasteiger partial charge in [-0.25, -0.2) is 5.43 Å². The lowest BCUT2D eigenvalue weighted by Gasteiger charge is -2.06. The van der Waals surface area contributed by atoms with Crippen molar-refractivity contribution in [3.8, 4) is 11.4 Å². The fourth-order valence-electron chi connectivity index (χ4n) is 2.36. The molecular weight excluding hydrogens is 430 g/mol. The van der Waals surface area contributed by atoms with Crippen LogP contribution in [0.15, 0.2) is 53.6 Å². The van der Waals surface area contributed by atoms with E-state index in [4.69, 9.17) is 0 Å². The summed E-state index contributed by atoms with van der Waals surface area (Å²) in [4.78, 5) is 12.7. The Morgan fingerprint density at radius 3 is 2.32 bits per heavy atom. The summed E-state index contributed by atoms with van der Waals surface area (Å²) in [5.74, 6) is -0.789. The number of amides is 1. The fraction of sp³-hybridized carbons (Fsp3) is 0.167. The third-order valence-corrected chi connectivity index (χ3v) is 3.83. The minimum atomic E-state index is -4.53. The van der Waals surface area contributed by atoms with Crippen LogP contribution in [0.1, 0.15) is 16.7 Å². The molecular formula is C18H12F6N6O. The molecule has 2 aromatic carbocycles. The molecule has 1 heterocycles. The molecule has 162 valence electrons. The van der Waals surface area contributed by atoms with E-state index in [-0.39, 0.29) is 11.4 Å². The minimum Gasteiger partial charge on any atom is -0.271 e. The number of benzene rings is 2. The first-order chi connectivity index (χ1) is 14.5. The van der Waals surface area contributed by atoms with Gasteiger partial charge < -0.3 is 0 Å². The number of nitrogens with zero attached hydrogens (tertiary/aromatic N) is 5. The number of carbonyl (C=O) groups is 1. The van der Waals surface area contributed by atoms with Gasteiger partial charge in [-0.05, 0) is 35.0 Å². The zero-order valence-corrected chi connectivity index (χ0v) is 15.3. The third-order valence-electron chi connectivity index (χ3n) is 3.83. The van der Waals surface area contributed by atoms with Crippen molar-refractivity contribution in [1.29, 1.82) is 0 Å². The van der Waals surface area contributed by atoms with Crippen molar-refractivity contribution in [3.05, 3.63) is 65.2 Å². The Labute approximate surface area is 170 Å². The highest BCUT2D eigenvalue weighted by atomic mass is 19.4. The van der Waals surface area contributed by atoms with Crippen LogP contribution >= 0.6 is 0 Å². The summed E-state index contributed by atoms with van der Waals surface area (Å²) in [5, 5.41) is 14.7. The average molecular weight is 442 g/mol. The average Bonchev–Trinajstić information content (AvgIpc) is 3.15. The van der Waals surface area contributed by atoms with Gasteiger partial charge in [0.15, 0.2) is 0 Å². The van der Waals surface area contributed by atoms with Crippen LogP contribution < -0.4 is 5.43 Å². The molecule has 0 radical (unpaired) electrons. The quantitative estimate of drug-likeness (QED) is 0.372. The van der Waals surface area contributed by atoms with E-state index in [0.29, 0.717) is 5.56 Å². The molecule has 0 unspecified atom stereocenters. The Bertz CT molecular complexity index is 1090. The van der Waals surface area contributed by atoms with Crippen molar-refractivity contribution in [2.24, 2.45) is 5.10 Å². The molecule has 1 amide bonds. The first kappa shape index (κ1) is 21.9. The number of hydrogen-bond acceptors (Lipinski definition) is 5. The van der Waals surface area contributed by atoms with Crippen molar-refractivity contribution < 1.29 is 31.1 Å². The van der Waals surface area contributed by atoms with Crippen molar-refractivity contribution in [3.63, 3.8) is 0 Å². The zero-order chi connectivity index (χ0) is 22.6. The summed E-state index contributed by atoms with van der Waals surface area (Å²) >= 11 is 0. The predicted octanol–water partition coefficient (Wildman–Crippen LogP) is 3.53. The van der Waals surface area contributed by atoms with Gasteiger partial charge in [-0.1, -0.05) is 24.3 Å². The largest absolute Gasteiger partial charge is 0.416 e. The number of rotatable bonds is 5. The molecule has 0 saturated heterocycles. The smallest absolute Gasteiger partial charge is 0.271 e. The Morgan fingerprint density at radius 2 is 1.68 bits per heavy atom. The van der Waals surface area contributed by atoms with Crippen LogP contribution in [0.3, 0.4) is 0 Å². The van der Waals surface area contributed by atoms with Gasteiger partial charge in [0.05, 0.1) is 17.3 Å². The number of carbonyl (C=O) groups excluding carboxylic acids is 1. The molecule has 1 N–H and O–H groups in total. The summed E-state index contributed by atoms with van der Waals surface area (Å²) in [7, 11) is 0. The molecule has 0 atom stereocenters. The Balaban J connectivity index is 1.58. The van der Waals surface area contributed by atoms with Crippen molar-refractivity contribution in [1.82, 2.24) is 25.6 Å². The number of tetrazole rings is 1. The van der Waals surface area contributed by atoms with Crippen molar-refractivity contribution >= 4 is 12.1 Å². The van der Waals surface area contributed by atoms with Gasteiger partial charge in [0.25, 0.3) is 5.91 Å². The van der Waals surface area contributed by atoms with E-state index in [2.05, 4.69) is 25.9 Å². The second kappa shape index (κ2) is 8.53. The van der Waals surface area contributed by atoms with Crippen LogP contribution in [-0.4, -0.2) is 32.3 Å². The second-order valence-corrected chi connectivity index (χ2v) is 6.13. The van der Waals surface area contributed by atoms with E-state index >= 15 is 0 Å². The summed E-state index contributed by atoms with van der Waals surface area (Å²) in [5.41, 5.74) is 0.828. The van der Waals surface area contributed by atoms with Crippen LogP contribution in [0.2, 0.25) is 0 Å². The Kier molecular flexibility index (Phi) is 6.04. The molecule has 3 aromatic rings. The van der Waals surface area contributed by atoms with E-state index in [0.717, 1.165) is 35.3 Å². The topological polar surface area (TPSA) is 85.1 Å². The van der Waals surface area contributed by atoms with Crippen LogP contribution in [0, 0.1) is 0 Å². The van der Waals surface area contributed by atoms with Gasteiger partial charge >= 0.3 is 12.4 Å². The lowest BCUT2D eigenvalue weighted by atomic mass is 10.1. The minimum absolute atomic E-state index is 0.0711. The highest BCUT2D eigenvalue weighted by Gasteiger charge is 2.31. The fourth-order valence-corrected chi connectivity index (χ4v) is 2.36. The summed E-state index contributed by atoms with van der Waals surface area (Å²) in [6.07, 6.45) is -7.85. The molecule has 0 aliphatic carbocycles. The maximum Gasteiger partial charge on any atom is 0.416 e. The van der Waals surface area contributed by atoms with Crippen LogP contribution in [0.4, 0.5) is 26.3 Å². The van der Waals surface area contributed by atoms with Crippen molar-refractivity contribution in [2.45, 2.75) is 18.9 Å². The molecule has 3 rings (SSSR count). The molecule has 0 aliphatic rings. The molecule has 0 spiro atoms. The van der Waals surface area contributed by atoms with E-state index in [1.54, 1.807) is 0 Å². The van der Waals surface area contributed by atoms with Crippen LogP contribution in [0.5, 0.6) is 0 Å². The number of nitrogens with one attached hydrogen (secondary N) is 1. The number of hydrazone groups is 1. The van der Waals surface area contributed by atoms with E-state index in [1.165, 1.54) is 24.3 Å². The number of aromatic nitrogens is 4. The zero-order valence-electron chi connectivity index (χ0n) is 15.3. The van der Waals surface area contributed by atoms with Crippen molar-refractivity contribution in [2.75, 3.05) is 0 Å². The molecule has 13 heteroatoms. The van der Waals surface area contributed by atoms with Gasteiger partial charge in [-0.3, -0.25) is 4.79 Å². The molecule has 31 heavy (non-hydrogen) atoms. The third kappa shape index (κ3) is 5.87. The highest BCUT2D eigenvalue weighted by Crippen LogP contribution is 2.31. The lowest BCUT2D eigenvalue weighted by Crippen LogP contribution is -2.24. The standard InChI is InChI=1S/C18H12F6N6O/c19-17(20,21)13-6-4-11(5-7-13)9-25-26-15(31)10-30-28-16(27-29-30)12-2-1-3-14(8-12)18(22,23)24/h1-9H,10H2,(H,26,31)/b25-9-. The molecule has 0 fully saturated rings. The Morgan fingerprint density at radius 1 is 1.00 bits per heavy atom. The summed E-state index contributed by atoms with van der Waals surface area (Å²) in [6, 6.07) is 8.42. The lowest BCUT2D eigenvalue weighted by molar-refractivity contribution is -0.138. The SMILES string of the molecule is O=C(Cn1nnc(-c2cccc(C(F)(F)F)c2)n1)N/N=C\c1ccc(C(F)(F)F)cc1. The monoisotopic (exact) mass is 442 g/mol. The van der Waals surface area contributed by atoms with Crippen LogP contribution in [-0.2, 0) is 23.7 Å². The molecule has 1 aromatic heterocycles. The maximum absolute atomic E-state index is 12.8. The molecule has 0 aliphatic heterocycles. The molecule has 0 saturated carbocycles. The number of alkyl halides is 6. The van der Waals surface area contributed by atoms with Gasteiger partial charge in [-0.2, -0.15) is 36.2 Å². The molecule has 0 bridgehead atoms. The number of halogens is 6. The molecule has 7 nitrogen and oxygen atoms in total. The van der Waals surface area contributed by atoms with E-state index in [1.807, 2.05) is 0 Å². The maximum atomic E-state index is 12.8. The normalized spacial score (nSPS) is 12.3.